The lowest BCUT2D eigenvalue weighted by atomic mass is 9.82. The van der Waals surface area contributed by atoms with Crippen molar-refractivity contribution in [3.8, 4) is 17.2 Å². The Balaban J connectivity index is 1.51. The van der Waals surface area contributed by atoms with E-state index in [4.69, 9.17) is 14.2 Å². The maximum Gasteiger partial charge on any atom is 0.131 e. The summed E-state index contributed by atoms with van der Waals surface area (Å²) in [6, 6.07) is 27.0. The number of hydrogen-bond donors (Lipinski definition) is 0. The molecule has 37 heavy (non-hydrogen) atoms. The van der Waals surface area contributed by atoms with E-state index in [9.17, 15) is 0 Å². The molecule has 2 saturated heterocycles. The van der Waals surface area contributed by atoms with Gasteiger partial charge in [0.25, 0.3) is 0 Å². The summed E-state index contributed by atoms with van der Waals surface area (Å²) in [6.07, 6.45) is 2.58. The van der Waals surface area contributed by atoms with E-state index in [2.05, 4.69) is 84.3 Å². The predicted molar refractivity (Wildman–Crippen MR) is 149 cm³/mol. The molecule has 3 aromatic rings. The van der Waals surface area contributed by atoms with Crippen LogP contribution in [0.25, 0.3) is 0 Å². The SMILES string of the molecule is COc1cc(OC)c(CN2CC3CCCN3C(C(c3ccccc3)c3ccccc3)C2)c(OC(C)C)c1. The number of piperazine rings is 1. The highest BCUT2D eigenvalue weighted by Gasteiger charge is 2.42. The standard InChI is InChI=1S/C32H40N2O3/c1-23(2)37-31-19-27(35-3)18-30(36-4)28(31)21-33-20-26-16-11-17-34(26)29(22-33)32(24-12-7-5-8-13-24)25-14-9-6-10-15-25/h5-10,12-15,18-19,23,26,29,32H,11,16-17,20-22H2,1-4H3. The first-order chi connectivity index (χ1) is 18.1. The van der Waals surface area contributed by atoms with Gasteiger partial charge in [-0.2, -0.15) is 0 Å². The minimum Gasteiger partial charge on any atom is -0.496 e. The third kappa shape index (κ3) is 5.63. The highest BCUT2D eigenvalue weighted by molar-refractivity contribution is 5.51. The van der Waals surface area contributed by atoms with E-state index in [0.717, 1.165) is 42.4 Å². The molecule has 5 heteroatoms. The second-order valence-corrected chi connectivity index (χ2v) is 10.6. The van der Waals surface area contributed by atoms with Crippen molar-refractivity contribution in [1.82, 2.24) is 9.80 Å². The van der Waals surface area contributed by atoms with Crippen LogP contribution >= 0.6 is 0 Å². The van der Waals surface area contributed by atoms with Gasteiger partial charge in [0.2, 0.25) is 0 Å². The van der Waals surface area contributed by atoms with E-state index in [-0.39, 0.29) is 6.10 Å². The number of hydrogen-bond acceptors (Lipinski definition) is 5. The fraction of sp³-hybridized carbons (Fsp3) is 0.438. The van der Waals surface area contributed by atoms with Crippen LogP contribution in [0, 0.1) is 0 Å². The summed E-state index contributed by atoms with van der Waals surface area (Å²) in [5.74, 6) is 2.74. The highest BCUT2D eigenvalue weighted by Crippen LogP contribution is 2.40. The topological polar surface area (TPSA) is 34.2 Å². The molecule has 196 valence electrons. The Morgan fingerprint density at radius 1 is 0.838 bits per heavy atom. The summed E-state index contributed by atoms with van der Waals surface area (Å²) in [4.78, 5) is 5.41. The third-order valence-electron chi connectivity index (χ3n) is 7.81. The molecule has 2 heterocycles. The first-order valence-electron chi connectivity index (χ1n) is 13.6. The highest BCUT2D eigenvalue weighted by atomic mass is 16.5. The zero-order chi connectivity index (χ0) is 25.8. The molecule has 2 aliphatic heterocycles. The van der Waals surface area contributed by atoms with Crippen LogP contribution in [-0.4, -0.2) is 61.8 Å². The maximum atomic E-state index is 6.27. The second-order valence-electron chi connectivity index (χ2n) is 10.6. The van der Waals surface area contributed by atoms with Crippen LogP contribution in [-0.2, 0) is 6.54 Å². The minimum atomic E-state index is 0.0653. The van der Waals surface area contributed by atoms with Gasteiger partial charge < -0.3 is 14.2 Å². The fourth-order valence-corrected chi connectivity index (χ4v) is 6.25. The zero-order valence-corrected chi connectivity index (χ0v) is 22.6. The molecule has 5 nitrogen and oxygen atoms in total. The van der Waals surface area contributed by atoms with Crippen molar-refractivity contribution in [2.75, 3.05) is 33.9 Å². The Morgan fingerprint density at radius 3 is 2.08 bits per heavy atom. The average molecular weight is 501 g/mol. The lowest BCUT2D eigenvalue weighted by molar-refractivity contribution is 0.0374. The molecule has 0 spiro atoms. The minimum absolute atomic E-state index is 0.0653. The monoisotopic (exact) mass is 500 g/mol. The molecule has 3 aromatic carbocycles. The van der Waals surface area contributed by atoms with E-state index in [1.807, 2.05) is 12.1 Å². The molecule has 0 bridgehead atoms. The first kappa shape index (κ1) is 25.6. The summed E-state index contributed by atoms with van der Waals surface area (Å²) < 4.78 is 17.7. The van der Waals surface area contributed by atoms with Gasteiger partial charge in [0.05, 0.1) is 25.9 Å². The molecule has 2 fully saturated rings. The van der Waals surface area contributed by atoms with E-state index in [0.29, 0.717) is 18.0 Å². The Morgan fingerprint density at radius 2 is 1.49 bits per heavy atom. The van der Waals surface area contributed by atoms with Gasteiger partial charge in [0, 0.05) is 49.8 Å². The summed E-state index contributed by atoms with van der Waals surface area (Å²) in [5, 5.41) is 0. The quantitative estimate of drug-likeness (QED) is 0.362. The van der Waals surface area contributed by atoms with Crippen LogP contribution in [0.1, 0.15) is 49.3 Å². The van der Waals surface area contributed by atoms with Gasteiger partial charge in [-0.15, -0.1) is 0 Å². The van der Waals surface area contributed by atoms with Crippen LogP contribution in [0.15, 0.2) is 72.8 Å². The van der Waals surface area contributed by atoms with E-state index in [1.54, 1.807) is 14.2 Å². The molecule has 5 rings (SSSR count). The number of nitrogens with zero attached hydrogens (tertiary/aromatic N) is 2. The maximum absolute atomic E-state index is 6.27. The number of benzene rings is 3. The summed E-state index contributed by atoms with van der Waals surface area (Å²) in [7, 11) is 3.42. The van der Waals surface area contributed by atoms with Crippen molar-refractivity contribution in [1.29, 1.82) is 0 Å². The van der Waals surface area contributed by atoms with Crippen molar-refractivity contribution >= 4 is 0 Å². The predicted octanol–water partition coefficient (Wildman–Crippen LogP) is 5.97. The Labute approximate surface area is 222 Å². The van der Waals surface area contributed by atoms with Crippen molar-refractivity contribution in [2.24, 2.45) is 0 Å². The number of rotatable bonds is 9. The van der Waals surface area contributed by atoms with E-state index in [1.165, 1.54) is 30.5 Å². The largest absolute Gasteiger partial charge is 0.496 e. The molecular weight excluding hydrogens is 460 g/mol. The summed E-state index contributed by atoms with van der Waals surface area (Å²) in [6.45, 7) is 8.13. The molecule has 0 aromatic heterocycles. The van der Waals surface area contributed by atoms with Crippen LogP contribution in [0.4, 0.5) is 0 Å². The second kappa shape index (κ2) is 11.6. The van der Waals surface area contributed by atoms with Crippen molar-refractivity contribution in [3.63, 3.8) is 0 Å². The molecule has 0 N–H and O–H groups in total. The first-order valence-corrected chi connectivity index (χ1v) is 13.6. The smallest absolute Gasteiger partial charge is 0.131 e. The summed E-state index contributed by atoms with van der Waals surface area (Å²) in [5.41, 5.74) is 3.87. The fourth-order valence-electron chi connectivity index (χ4n) is 6.25. The van der Waals surface area contributed by atoms with Gasteiger partial charge >= 0.3 is 0 Å². The Bertz CT molecular complexity index is 1110. The zero-order valence-electron chi connectivity index (χ0n) is 22.6. The van der Waals surface area contributed by atoms with Gasteiger partial charge in [-0.1, -0.05) is 60.7 Å². The molecule has 2 aliphatic rings. The number of methoxy groups -OCH3 is 2. The lowest BCUT2D eigenvalue weighted by Crippen LogP contribution is -2.57. The van der Waals surface area contributed by atoms with E-state index >= 15 is 0 Å². The molecule has 0 aliphatic carbocycles. The van der Waals surface area contributed by atoms with Crippen LogP contribution in [0.3, 0.4) is 0 Å². The molecule has 2 atom stereocenters. The van der Waals surface area contributed by atoms with Crippen LogP contribution in [0.5, 0.6) is 17.2 Å². The number of fused-ring (bicyclic) bond motifs is 1. The van der Waals surface area contributed by atoms with Crippen molar-refractivity contribution in [2.45, 2.75) is 57.3 Å². The normalized spacial score (nSPS) is 20.3. The van der Waals surface area contributed by atoms with Crippen molar-refractivity contribution in [3.05, 3.63) is 89.5 Å². The molecule has 2 unspecified atom stereocenters. The Hall–Kier alpha value is -3.02. The van der Waals surface area contributed by atoms with Gasteiger partial charge in [0.15, 0.2) is 0 Å². The molecule has 0 radical (unpaired) electrons. The number of ether oxygens (including phenoxy) is 3. The van der Waals surface area contributed by atoms with Gasteiger partial charge in [-0.05, 0) is 44.4 Å². The van der Waals surface area contributed by atoms with Crippen LogP contribution in [0.2, 0.25) is 0 Å². The van der Waals surface area contributed by atoms with E-state index < -0.39 is 0 Å². The van der Waals surface area contributed by atoms with Gasteiger partial charge in [-0.25, -0.2) is 0 Å². The summed E-state index contributed by atoms with van der Waals surface area (Å²) >= 11 is 0. The van der Waals surface area contributed by atoms with Crippen LogP contribution < -0.4 is 14.2 Å². The lowest BCUT2D eigenvalue weighted by Gasteiger charge is -2.47. The van der Waals surface area contributed by atoms with Gasteiger partial charge in [-0.3, -0.25) is 9.80 Å². The molecule has 0 amide bonds. The molecular formula is C32H40N2O3. The average Bonchev–Trinajstić information content (AvgIpc) is 3.39. The molecule has 0 saturated carbocycles. The van der Waals surface area contributed by atoms with Crippen molar-refractivity contribution < 1.29 is 14.2 Å². The third-order valence-corrected chi connectivity index (χ3v) is 7.81. The van der Waals surface area contributed by atoms with Gasteiger partial charge in [0.1, 0.15) is 17.2 Å². The Kier molecular flexibility index (Phi) is 8.02.